The lowest BCUT2D eigenvalue weighted by molar-refractivity contribution is -0.150. The van der Waals surface area contributed by atoms with Crippen LogP contribution in [0.4, 0.5) is 9.18 Å². The van der Waals surface area contributed by atoms with Crippen LogP contribution in [0.2, 0.25) is 5.02 Å². The van der Waals surface area contributed by atoms with Gasteiger partial charge in [-0.25, -0.2) is 19.0 Å². The SMILES string of the molecule is CCOC(=O)C1=C(CN2CCN3C(=O)N(C)C[C@@H]3[C@H]2C(=O)OC)NC(c2nccs2)=N[C@H]1c1cccc(F)c1Cl. The van der Waals surface area contributed by atoms with Gasteiger partial charge in [-0.15, -0.1) is 11.3 Å². The number of amides is 2. The van der Waals surface area contributed by atoms with Crippen LogP contribution in [-0.4, -0.2) is 103 Å². The molecule has 0 unspecified atom stereocenters. The van der Waals surface area contributed by atoms with Gasteiger partial charge in [0.15, 0.2) is 10.8 Å². The average Bonchev–Trinajstić information content (AvgIpc) is 3.58. The number of esters is 2. The number of amidine groups is 1. The summed E-state index contributed by atoms with van der Waals surface area (Å²) in [5.74, 6) is -1.43. The molecule has 2 fully saturated rings. The van der Waals surface area contributed by atoms with E-state index in [0.717, 1.165) is 0 Å². The molecule has 2 aromatic rings. The Balaban J connectivity index is 1.61. The fourth-order valence-electron chi connectivity index (χ4n) is 5.35. The second-order valence-electron chi connectivity index (χ2n) is 9.46. The third-order valence-electron chi connectivity index (χ3n) is 7.16. The summed E-state index contributed by atoms with van der Waals surface area (Å²) >= 11 is 7.73. The van der Waals surface area contributed by atoms with Crippen molar-refractivity contribution in [1.29, 1.82) is 0 Å². The van der Waals surface area contributed by atoms with Crippen LogP contribution in [0.15, 0.2) is 46.0 Å². The molecule has 0 saturated carbocycles. The zero-order valence-corrected chi connectivity index (χ0v) is 23.7. The minimum absolute atomic E-state index is 0.0873. The number of urea groups is 1. The molecule has 40 heavy (non-hydrogen) atoms. The van der Waals surface area contributed by atoms with E-state index in [1.807, 2.05) is 4.90 Å². The summed E-state index contributed by atoms with van der Waals surface area (Å²) in [4.78, 5) is 53.4. The molecule has 2 amide bonds. The number of aliphatic imine (C=N–C) groups is 1. The maximum Gasteiger partial charge on any atom is 0.338 e. The van der Waals surface area contributed by atoms with E-state index in [1.54, 1.807) is 41.4 Å². The predicted molar refractivity (Wildman–Crippen MR) is 145 cm³/mol. The first-order valence-electron chi connectivity index (χ1n) is 12.7. The van der Waals surface area contributed by atoms with Crippen LogP contribution in [0, 0.1) is 5.82 Å². The zero-order valence-electron chi connectivity index (χ0n) is 22.1. The molecule has 3 atom stereocenters. The lowest BCUT2D eigenvalue weighted by atomic mass is 9.94. The van der Waals surface area contributed by atoms with Gasteiger partial charge in [0.05, 0.1) is 30.4 Å². The quantitative estimate of drug-likeness (QED) is 0.489. The van der Waals surface area contributed by atoms with Crippen molar-refractivity contribution < 1.29 is 28.2 Å². The van der Waals surface area contributed by atoms with Gasteiger partial charge >= 0.3 is 18.0 Å². The number of piperazine rings is 1. The van der Waals surface area contributed by atoms with Crippen LogP contribution in [0.1, 0.15) is 23.5 Å². The summed E-state index contributed by atoms with van der Waals surface area (Å²) in [6, 6.07) is 1.96. The predicted octanol–water partition coefficient (Wildman–Crippen LogP) is 2.44. The number of carbonyl (C=O) groups is 3. The van der Waals surface area contributed by atoms with Crippen LogP contribution in [0.25, 0.3) is 0 Å². The Morgan fingerprint density at radius 3 is 2.80 bits per heavy atom. The highest BCUT2D eigenvalue weighted by atomic mass is 35.5. The van der Waals surface area contributed by atoms with E-state index in [2.05, 4.69) is 10.3 Å². The minimum atomic E-state index is -1.01. The van der Waals surface area contributed by atoms with Gasteiger partial charge in [-0.05, 0) is 13.0 Å². The molecule has 0 radical (unpaired) electrons. The zero-order chi connectivity index (χ0) is 28.6. The van der Waals surface area contributed by atoms with Crippen LogP contribution in [-0.2, 0) is 19.1 Å². The Bertz CT molecular complexity index is 1390. The molecule has 3 aliphatic rings. The number of hydrogen-bond donors (Lipinski definition) is 1. The van der Waals surface area contributed by atoms with Gasteiger partial charge < -0.3 is 24.6 Å². The largest absolute Gasteiger partial charge is 0.468 e. The molecule has 2 saturated heterocycles. The lowest BCUT2D eigenvalue weighted by Gasteiger charge is -2.43. The summed E-state index contributed by atoms with van der Waals surface area (Å²) in [6.07, 6.45) is 1.62. The third-order valence-corrected chi connectivity index (χ3v) is 8.33. The highest BCUT2D eigenvalue weighted by Gasteiger charge is 2.49. The van der Waals surface area contributed by atoms with E-state index in [-0.39, 0.29) is 35.3 Å². The van der Waals surface area contributed by atoms with E-state index in [4.69, 9.17) is 26.1 Å². The van der Waals surface area contributed by atoms with Crippen LogP contribution in [0.3, 0.4) is 0 Å². The Labute approximate surface area is 239 Å². The maximum absolute atomic E-state index is 14.6. The third kappa shape index (κ3) is 5.04. The molecule has 1 aromatic heterocycles. The van der Waals surface area contributed by atoms with Gasteiger partial charge in [0, 0.05) is 56.1 Å². The number of methoxy groups -OCH3 is 1. The summed E-state index contributed by atoms with van der Waals surface area (Å²) in [5.41, 5.74) is 0.833. The summed E-state index contributed by atoms with van der Waals surface area (Å²) in [7, 11) is 2.99. The number of ether oxygens (including phenoxy) is 2. The van der Waals surface area contributed by atoms with Gasteiger partial charge in [-0.2, -0.15) is 0 Å². The number of nitrogens with zero attached hydrogens (tertiary/aromatic N) is 5. The van der Waals surface area contributed by atoms with Gasteiger partial charge in [0.1, 0.15) is 17.9 Å². The fourth-order valence-corrected chi connectivity index (χ4v) is 6.17. The number of likely N-dealkylation sites (N-methyl/N-ethyl adjacent to an activating group) is 1. The van der Waals surface area contributed by atoms with Crippen molar-refractivity contribution in [1.82, 2.24) is 25.0 Å². The second-order valence-corrected chi connectivity index (χ2v) is 10.7. The van der Waals surface area contributed by atoms with Crippen molar-refractivity contribution in [3.8, 4) is 0 Å². The number of benzene rings is 1. The number of aromatic nitrogens is 1. The Morgan fingerprint density at radius 1 is 1.30 bits per heavy atom. The first kappa shape index (κ1) is 28.0. The highest BCUT2D eigenvalue weighted by molar-refractivity contribution is 7.11. The average molecular weight is 591 g/mol. The Hall–Kier alpha value is -3.55. The number of rotatable bonds is 7. The maximum atomic E-state index is 14.6. The van der Waals surface area contributed by atoms with Crippen molar-refractivity contribution >= 4 is 46.7 Å². The van der Waals surface area contributed by atoms with Crippen molar-refractivity contribution in [2.45, 2.75) is 25.0 Å². The topological polar surface area (TPSA) is 117 Å². The monoisotopic (exact) mass is 590 g/mol. The number of carbonyl (C=O) groups excluding carboxylic acids is 3. The Morgan fingerprint density at radius 2 is 2.10 bits per heavy atom. The van der Waals surface area contributed by atoms with Gasteiger partial charge in [-0.1, -0.05) is 23.7 Å². The molecule has 5 rings (SSSR count). The minimum Gasteiger partial charge on any atom is -0.468 e. The Kier molecular flexibility index (Phi) is 8.06. The molecular formula is C26H28ClFN6O5S. The molecule has 14 heteroatoms. The van der Waals surface area contributed by atoms with Gasteiger partial charge in [0.2, 0.25) is 0 Å². The van der Waals surface area contributed by atoms with Gasteiger partial charge in [-0.3, -0.25) is 14.7 Å². The highest BCUT2D eigenvalue weighted by Crippen LogP contribution is 2.38. The molecular weight excluding hydrogens is 563 g/mol. The first-order chi connectivity index (χ1) is 19.2. The van der Waals surface area contributed by atoms with Crippen molar-refractivity contribution in [3.05, 3.63) is 62.5 Å². The number of thiazole rings is 1. The van der Waals surface area contributed by atoms with Crippen molar-refractivity contribution in [2.75, 3.05) is 46.9 Å². The van der Waals surface area contributed by atoms with Crippen molar-refractivity contribution in [3.63, 3.8) is 0 Å². The first-order valence-corrected chi connectivity index (χ1v) is 13.9. The number of hydrogen-bond acceptors (Lipinski definition) is 10. The summed E-state index contributed by atoms with van der Waals surface area (Å²) in [6.45, 7) is 2.94. The van der Waals surface area contributed by atoms with Crippen LogP contribution < -0.4 is 5.32 Å². The standard InChI is InChI=1S/C26H28ClFN6O5S/c1-4-39-24(35)18-16(12-33-9-10-34-17(13-32(2)26(34)37)21(33)25(36)38-3)30-22(23-29-8-11-40-23)31-20(18)14-6-5-7-15(28)19(14)27/h5-8,11,17,20-21H,4,9-10,12-13H2,1-3H3,(H,30,31)/t17-,20+,21+/m1/s1. The molecule has 4 heterocycles. The van der Waals surface area contributed by atoms with E-state index in [1.165, 1.54) is 30.6 Å². The molecule has 0 aliphatic carbocycles. The number of nitrogens with one attached hydrogen (secondary N) is 1. The normalized spacial score (nSPS) is 23.1. The van der Waals surface area contributed by atoms with Crippen LogP contribution >= 0.6 is 22.9 Å². The molecule has 11 nitrogen and oxygen atoms in total. The van der Waals surface area contributed by atoms with Gasteiger partial charge in [0.25, 0.3) is 0 Å². The summed E-state index contributed by atoms with van der Waals surface area (Å²) < 4.78 is 25.1. The number of fused-ring (bicyclic) bond motifs is 1. The van der Waals surface area contributed by atoms with E-state index in [0.29, 0.717) is 36.2 Å². The van der Waals surface area contributed by atoms with Crippen LogP contribution in [0.5, 0.6) is 0 Å². The molecule has 212 valence electrons. The molecule has 0 bridgehead atoms. The smallest absolute Gasteiger partial charge is 0.338 e. The molecule has 0 spiro atoms. The molecule has 1 N–H and O–H groups in total. The van der Waals surface area contributed by atoms with E-state index >= 15 is 0 Å². The molecule has 3 aliphatic heterocycles. The lowest BCUT2D eigenvalue weighted by Crippen LogP contribution is -2.62. The van der Waals surface area contributed by atoms with E-state index in [9.17, 15) is 18.8 Å². The summed E-state index contributed by atoms with van der Waals surface area (Å²) in [5, 5.41) is 5.41. The molecule has 1 aromatic carbocycles. The fraction of sp³-hybridized carbons (Fsp3) is 0.423. The number of halogens is 2. The second kappa shape index (κ2) is 11.5. The van der Waals surface area contributed by atoms with E-state index < -0.39 is 35.9 Å². The van der Waals surface area contributed by atoms with Crippen molar-refractivity contribution in [2.24, 2.45) is 4.99 Å².